The number of carbonyl (C=O) groups is 1. The maximum absolute atomic E-state index is 13.9. The van der Waals surface area contributed by atoms with Gasteiger partial charge in [-0.3, -0.25) is 14.4 Å². The van der Waals surface area contributed by atoms with Crippen molar-refractivity contribution in [3.63, 3.8) is 0 Å². The molecule has 1 fully saturated rings. The minimum absolute atomic E-state index is 0.0159. The molecule has 3 rings (SSSR count). The average Bonchev–Trinajstić information content (AvgIpc) is 3.11. The molecule has 0 bridgehead atoms. The Morgan fingerprint density at radius 2 is 2.08 bits per heavy atom. The first kappa shape index (κ1) is 18.6. The van der Waals surface area contributed by atoms with Crippen LogP contribution in [0, 0.1) is 5.82 Å². The van der Waals surface area contributed by atoms with E-state index in [0.29, 0.717) is 43.3 Å². The maximum Gasteiger partial charge on any atom is 0.246 e. The zero-order chi connectivity index (χ0) is 18.5. The van der Waals surface area contributed by atoms with Crippen molar-refractivity contribution in [2.75, 3.05) is 26.2 Å². The molecule has 0 spiro atoms. The van der Waals surface area contributed by atoms with Crippen LogP contribution >= 0.6 is 11.6 Å². The van der Waals surface area contributed by atoms with Gasteiger partial charge in [-0.1, -0.05) is 17.7 Å². The van der Waals surface area contributed by atoms with E-state index in [1.54, 1.807) is 35.4 Å². The van der Waals surface area contributed by atoms with Crippen molar-refractivity contribution in [3.05, 3.63) is 58.6 Å². The van der Waals surface area contributed by atoms with Crippen LogP contribution in [0.5, 0.6) is 0 Å². The molecule has 138 valence electrons. The number of hydrogen-bond acceptors (Lipinski definition) is 3. The van der Waals surface area contributed by atoms with Gasteiger partial charge in [0.1, 0.15) is 5.82 Å². The number of rotatable bonds is 5. The van der Waals surface area contributed by atoms with E-state index >= 15 is 0 Å². The molecule has 2 aromatic rings. The monoisotopic (exact) mass is 376 g/mol. The van der Waals surface area contributed by atoms with Crippen molar-refractivity contribution in [2.24, 2.45) is 0 Å². The van der Waals surface area contributed by atoms with Gasteiger partial charge in [0.05, 0.1) is 6.20 Å². The molecule has 5 nitrogen and oxygen atoms in total. The fourth-order valence-electron chi connectivity index (χ4n) is 2.94. The fraction of sp³-hybridized carbons (Fsp3) is 0.368. The first-order valence-corrected chi connectivity index (χ1v) is 9.09. The molecule has 0 radical (unpaired) electrons. The molecule has 1 aromatic carbocycles. The van der Waals surface area contributed by atoms with Gasteiger partial charge in [-0.2, -0.15) is 5.10 Å². The first-order valence-electron chi connectivity index (χ1n) is 8.71. The molecule has 0 saturated carbocycles. The predicted octanol–water partition coefficient (Wildman–Crippen LogP) is 3.05. The highest BCUT2D eigenvalue weighted by Gasteiger charge is 2.21. The van der Waals surface area contributed by atoms with Gasteiger partial charge >= 0.3 is 0 Å². The SMILES string of the molecule is CCn1cc(/C=C/C(=O)N2CCN(Cc3c(F)cccc3Cl)CC2)cn1. The van der Waals surface area contributed by atoms with Gasteiger partial charge < -0.3 is 4.90 Å². The number of halogens is 2. The van der Waals surface area contributed by atoms with Gasteiger partial charge in [-0.15, -0.1) is 0 Å². The lowest BCUT2D eigenvalue weighted by atomic mass is 10.2. The molecule has 0 atom stereocenters. The van der Waals surface area contributed by atoms with E-state index in [1.165, 1.54) is 6.07 Å². The molecule has 26 heavy (non-hydrogen) atoms. The summed E-state index contributed by atoms with van der Waals surface area (Å²) in [5, 5.41) is 4.63. The molecule has 1 saturated heterocycles. The van der Waals surface area contributed by atoms with Gasteiger partial charge in [0.25, 0.3) is 0 Å². The second-order valence-electron chi connectivity index (χ2n) is 6.26. The summed E-state index contributed by atoms with van der Waals surface area (Å²) in [5.41, 5.74) is 1.43. The van der Waals surface area contributed by atoms with Crippen molar-refractivity contribution < 1.29 is 9.18 Å². The zero-order valence-corrected chi connectivity index (χ0v) is 15.5. The normalized spacial score (nSPS) is 15.7. The molecular formula is C19H22ClFN4O. The van der Waals surface area contributed by atoms with Crippen LogP contribution in [0.2, 0.25) is 5.02 Å². The Morgan fingerprint density at radius 1 is 1.31 bits per heavy atom. The Hall–Kier alpha value is -2.18. The van der Waals surface area contributed by atoms with Crippen LogP contribution < -0.4 is 0 Å². The summed E-state index contributed by atoms with van der Waals surface area (Å²) in [6.45, 7) is 5.89. The van der Waals surface area contributed by atoms with Crippen LogP contribution in [-0.2, 0) is 17.9 Å². The quantitative estimate of drug-likeness (QED) is 0.753. The Labute approximate surface area is 157 Å². The second-order valence-corrected chi connectivity index (χ2v) is 6.67. The van der Waals surface area contributed by atoms with Crippen LogP contribution in [0.3, 0.4) is 0 Å². The lowest BCUT2D eigenvalue weighted by molar-refractivity contribution is -0.127. The molecule has 1 aliphatic heterocycles. The van der Waals surface area contributed by atoms with Crippen molar-refractivity contribution in [3.8, 4) is 0 Å². The number of piperazine rings is 1. The summed E-state index contributed by atoms with van der Waals surface area (Å²) in [6, 6.07) is 4.73. The van der Waals surface area contributed by atoms with Crippen LogP contribution in [0.4, 0.5) is 4.39 Å². The predicted molar refractivity (Wildman–Crippen MR) is 100 cm³/mol. The largest absolute Gasteiger partial charge is 0.337 e. The Bertz CT molecular complexity index is 776. The third kappa shape index (κ3) is 4.51. The van der Waals surface area contributed by atoms with Crippen molar-refractivity contribution in [1.82, 2.24) is 19.6 Å². The number of carbonyl (C=O) groups excluding carboxylic acids is 1. The van der Waals surface area contributed by atoms with E-state index in [4.69, 9.17) is 11.6 Å². The standard InChI is InChI=1S/C19H22ClFN4O/c1-2-25-13-15(12-22-25)6-7-19(26)24-10-8-23(9-11-24)14-16-17(20)4-3-5-18(16)21/h3-7,12-13H,2,8-11,14H2,1H3/b7-6+. The number of amides is 1. The highest BCUT2D eigenvalue weighted by atomic mass is 35.5. The molecular weight excluding hydrogens is 355 g/mol. The highest BCUT2D eigenvalue weighted by Crippen LogP contribution is 2.21. The van der Waals surface area contributed by atoms with E-state index in [-0.39, 0.29) is 11.7 Å². The Balaban J connectivity index is 1.52. The number of aromatic nitrogens is 2. The smallest absolute Gasteiger partial charge is 0.246 e. The lowest BCUT2D eigenvalue weighted by Gasteiger charge is -2.34. The summed E-state index contributed by atoms with van der Waals surface area (Å²) >= 11 is 6.09. The average molecular weight is 377 g/mol. The topological polar surface area (TPSA) is 41.4 Å². The first-order chi connectivity index (χ1) is 12.6. The van der Waals surface area contributed by atoms with Gasteiger partial charge in [0.15, 0.2) is 0 Å². The van der Waals surface area contributed by atoms with E-state index in [9.17, 15) is 9.18 Å². The highest BCUT2D eigenvalue weighted by molar-refractivity contribution is 6.31. The van der Waals surface area contributed by atoms with Crippen LogP contribution in [0.1, 0.15) is 18.1 Å². The van der Waals surface area contributed by atoms with E-state index < -0.39 is 0 Å². The van der Waals surface area contributed by atoms with Crippen molar-refractivity contribution in [1.29, 1.82) is 0 Å². The summed E-state index contributed by atoms with van der Waals surface area (Å²) in [5.74, 6) is -0.301. The number of nitrogens with zero attached hydrogens (tertiary/aromatic N) is 4. The van der Waals surface area contributed by atoms with Gasteiger partial charge in [0.2, 0.25) is 5.91 Å². The van der Waals surface area contributed by atoms with E-state index in [0.717, 1.165) is 12.1 Å². The van der Waals surface area contributed by atoms with Gasteiger partial charge in [0, 0.05) is 67.7 Å². The van der Waals surface area contributed by atoms with Gasteiger partial charge in [-0.05, 0) is 25.1 Å². The van der Waals surface area contributed by atoms with Crippen molar-refractivity contribution in [2.45, 2.75) is 20.0 Å². The summed E-state index contributed by atoms with van der Waals surface area (Å²) in [7, 11) is 0. The van der Waals surface area contributed by atoms with Crippen molar-refractivity contribution >= 4 is 23.6 Å². The molecule has 0 N–H and O–H groups in total. The Morgan fingerprint density at radius 3 is 2.73 bits per heavy atom. The molecule has 2 heterocycles. The minimum atomic E-state index is -0.286. The summed E-state index contributed by atoms with van der Waals surface area (Å²) in [4.78, 5) is 16.3. The second kappa shape index (κ2) is 8.47. The summed E-state index contributed by atoms with van der Waals surface area (Å²) in [6.07, 6.45) is 7.01. The molecule has 1 aromatic heterocycles. The fourth-order valence-corrected chi connectivity index (χ4v) is 3.17. The molecule has 7 heteroatoms. The van der Waals surface area contributed by atoms with Crippen LogP contribution in [0.25, 0.3) is 6.08 Å². The molecule has 0 aliphatic carbocycles. The molecule has 1 aliphatic rings. The number of benzene rings is 1. The maximum atomic E-state index is 13.9. The van der Waals surface area contributed by atoms with E-state index in [1.807, 2.05) is 17.8 Å². The summed E-state index contributed by atoms with van der Waals surface area (Å²) < 4.78 is 15.7. The Kier molecular flexibility index (Phi) is 6.06. The van der Waals surface area contributed by atoms with E-state index in [2.05, 4.69) is 10.00 Å². The third-order valence-electron chi connectivity index (χ3n) is 4.52. The number of aryl methyl sites for hydroxylation is 1. The van der Waals surface area contributed by atoms with Crippen LogP contribution in [0.15, 0.2) is 36.7 Å². The number of hydrogen-bond donors (Lipinski definition) is 0. The van der Waals surface area contributed by atoms with Crippen LogP contribution in [-0.4, -0.2) is 51.7 Å². The zero-order valence-electron chi connectivity index (χ0n) is 14.7. The molecule has 1 amide bonds. The molecule has 0 unspecified atom stereocenters. The lowest BCUT2D eigenvalue weighted by Crippen LogP contribution is -2.47. The van der Waals surface area contributed by atoms with Gasteiger partial charge in [-0.25, -0.2) is 4.39 Å². The third-order valence-corrected chi connectivity index (χ3v) is 4.88. The minimum Gasteiger partial charge on any atom is -0.337 e.